The molecule has 0 aromatic carbocycles. The average Bonchev–Trinajstić information content (AvgIpc) is 2.29. The van der Waals surface area contributed by atoms with E-state index in [0.717, 1.165) is 5.69 Å². The molecule has 0 atom stereocenters. The Morgan fingerprint density at radius 1 is 1.31 bits per heavy atom. The van der Waals surface area contributed by atoms with Gasteiger partial charge in [0.05, 0.1) is 6.20 Å². The molecule has 0 amide bonds. The summed E-state index contributed by atoms with van der Waals surface area (Å²) in [6, 6.07) is 3.63. The summed E-state index contributed by atoms with van der Waals surface area (Å²) >= 11 is 1.28. The van der Waals surface area contributed by atoms with Crippen molar-refractivity contribution in [1.82, 2.24) is 19.9 Å². The normalized spacial score (nSPS) is 9.75. The number of hydrogen-bond acceptors (Lipinski definition) is 6. The van der Waals surface area contributed by atoms with E-state index in [9.17, 15) is 0 Å². The van der Waals surface area contributed by atoms with Crippen LogP contribution in [0, 0.1) is 18.3 Å². The van der Waals surface area contributed by atoms with Gasteiger partial charge in [0.2, 0.25) is 0 Å². The zero-order chi connectivity index (χ0) is 11.4. The van der Waals surface area contributed by atoms with Gasteiger partial charge >= 0.3 is 0 Å². The topological polar surface area (TPSA) is 75.3 Å². The summed E-state index contributed by atoms with van der Waals surface area (Å²) in [5, 5.41) is 9.99. The van der Waals surface area contributed by atoms with Crippen molar-refractivity contribution < 1.29 is 0 Å². The highest BCUT2D eigenvalue weighted by Gasteiger charge is 2.04. The van der Waals surface area contributed by atoms with Gasteiger partial charge in [-0.2, -0.15) is 5.26 Å². The fraction of sp³-hybridized carbons (Fsp3) is 0.100. The third-order valence-corrected chi connectivity index (χ3v) is 2.47. The van der Waals surface area contributed by atoms with Crippen LogP contribution in [0.4, 0.5) is 0 Å². The lowest BCUT2D eigenvalue weighted by Gasteiger charge is -2.00. The first-order valence-electron chi connectivity index (χ1n) is 4.47. The van der Waals surface area contributed by atoms with Gasteiger partial charge in [0.25, 0.3) is 0 Å². The Kier molecular flexibility index (Phi) is 3.08. The molecule has 0 radical (unpaired) electrons. The molecule has 0 saturated heterocycles. The van der Waals surface area contributed by atoms with Crippen LogP contribution >= 0.6 is 11.8 Å². The van der Waals surface area contributed by atoms with Crippen molar-refractivity contribution in [1.29, 1.82) is 5.26 Å². The van der Waals surface area contributed by atoms with Gasteiger partial charge < -0.3 is 0 Å². The minimum atomic E-state index is 0.360. The summed E-state index contributed by atoms with van der Waals surface area (Å²) in [6.07, 6.45) is 4.83. The Hall–Kier alpha value is -2.00. The Morgan fingerprint density at radius 3 is 2.88 bits per heavy atom. The van der Waals surface area contributed by atoms with E-state index in [-0.39, 0.29) is 0 Å². The molecule has 0 saturated carbocycles. The molecule has 0 aliphatic rings. The van der Waals surface area contributed by atoms with Gasteiger partial charge in [-0.25, -0.2) is 15.0 Å². The molecule has 78 valence electrons. The largest absolute Gasteiger partial charge is 0.260 e. The van der Waals surface area contributed by atoms with E-state index in [1.165, 1.54) is 11.8 Å². The predicted molar refractivity (Wildman–Crippen MR) is 57.6 cm³/mol. The lowest BCUT2D eigenvalue weighted by atomic mass is 10.4. The summed E-state index contributed by atoms with van der Waals surface area (Å²) in [6.45, 7) is 1.82. The van der Waals surface area contributed by atoms with Crippen molar-refractivity contribution in [2.24, 2.45) is 0 Å². The van der Waals surface area contributed by atoms with E-state index in [1.54, 1.807) is 24.7 Å². The minimum Gasteiger partial charge on any atom is -0.260 e. The van der Waals surface area contributed by atoms with Gasteiger partial charge in [-0.1, -0.05) is 0 Å². The van der Waals surface area contributed by atoms with Gasteiger partial charge in [0, 0.05) is 18.1 Å². The molecule has 0 spiro atoms. The zero-order valence-electron chi connectivity index (χ0n) is 8.45. The van der Waals surface area contributed by atoms with Gasteiger partial charge in [-0.05, 0) is 24.8 Å². The second kappa shape index (κ2) is 4.68. The number of rotatable bonds is 2. The lowest BCUT2D eigenvalue weighted by molar-refractivity contribution is 0.913. The van der Waals surface area contributed by atoms with Crippen LogP contribution in [0.3, 0.4) is 0 Å². The maximum atomic E-state index is 8.78. The third-order valence-electron chi connectivity index (χ3n) is 1.68. The van der Waals surface area contributed by atoms with Gasteiger partial charge in [0.1, 0.15) is 16.8 Å². The molecule has 2 aromatic heterocycles. The molecule has 2 aromatic rings. The molecule has 0 bridgehead atoms. The number of aromatic nitrogens is 4. The highest BCUT2D eigenvalue weighted by Crippen LogP contribution is 2.21. The molecular formula is C10H7N5S. The van der Waals surface area contributed by atoms with Gasteiger partial charge in [-0.3, -0.25) is 4.98 Å². The smallest absolute Gasteiger partial charge is 0.195 e. The molecule has 16 heavy (non-hydrogen) atoms. The number of nitrogens with zero attached hydrogens (tertiary/aromatic N) is 5. The molecule has 2 heterocycles. The fourth-order valence-electron chi connectivity index (χ4n) is 1.08. The van der Waals surface area contributed by atoms with E-state index in [4.69, 9.17) is 5.26 Å². The van der Waals surface area contributed by atoms with E-state index < -0.39 is 0 Å². The van der Waals surface area contributed by atoms with Crippen molar-refractivity contribution in [2.75, 3.05) is 0 Å². The second-order valence-electron chi connectivity index (χ2n) is 2.93. The molecule has 6 heteroatoms. The van der Waals surface area contributed by atoms with Crippen molar-refractivity contribution in [3.05, 3.63) is 36.0 Å². The van der Waals surface area contributed by atoms with E-state index in [0.29, 0.717) is 15.9 Å². The summed E-state index contributed by atoms with van der Waals surface area (Å²) in [4.78, 5) is 16.3. The van der Waals surface area contributed by atoms with E-state index in [2.05, 4.69) is 19.9 Å². The predicted octanol–water partition coefficient (Wildman–Crippen LogP) is 1.60. The minimum absolute atomic E-state index is 0.360. The third kappa shape index (κ3) is 2.52. The molecule has 0 aliphatic heterocycles. The summed E-state index contributed by atoms with van der Waals surface area (Å²) in [7, 11) is 0. The van der Waals surface area contributed by atoms with Crippen molar-refractivity contribution in [3.63, 3.8) is 0 Å². The van der Waals surface area contributed by atoms with Crippen molar-refractivity contribution in [2.45, 2.75) is 17.1 Å². The summed E-state index contributed by atoms with van der Waals surface area (Å²) < 4.78 is 0. The quantitative estimate of drug-likeness (QED) is 0.728. The first-order valence-corrected chi connectivity index (χ1v) is 5.29. The van der Waals surface area contributed by atoms with Crippen molar-refractivity contribution >= 4 is 11.8 Å². The Labute approximate surface area is 96.6 Å². The Morgan fingerprint density at radius 2 is 2.19 bits per heavy atom. The maximum Gasteiger partial charge on any atom is 0.195 e. The lowest BCUT2D eigenvalue weighted by Crippen LogP contribution is -1.94. The van der Waals surface area contributed by atoms with Crippen LogP contribution in [0.25, 0.3) is 0 Å². The monoisotopic (exact) mass is 229 g/mol. The SMILES string of the molecule is Cc1cc(C#N)nc(Sc2cnccn2)n1. The molecule has 0 aliphatic carbocycles. The van der Waals surface area contributed by atoms with E-state index in [1.807, 2.05) is 13.0 Å². The summed E-state index contributed by atoms with van der Waals surface area (Å²) in [5.41, 5.74) is 1.12. The number of nitriles is 1. The molecule has 2 rings (SSSR count). The highest BCUT2D eigenvalue weighted by molar-refractivity contribution is 7.99. The maximum absolute atomic E-state index is 8.78. The van der Waals surface area contributed by atoms with Crippen LogP contribution in [-0.2, 0) is 0 Å². The van der Waals surface area contributed by atoms with Crippen LogP contribution in [0.2, 0.25) is 0 Å². The highest BCUT2D eigenvalue weighted by atomic mass is 32.2. The molecular weight excluding hydrogens is 222 g/mol. The Bertz CT molecular complexity index is 535. The van der Waals surface area contributed by atoms with Crippen LogP contribution in [0.15, 0.2) is 34.8 Å². The van der Waals surface area contributed by atoms with Crippen LogP contribution in [0.5, 0.6) is 0 Å². The van der Waals surface area contributed by atoms with Crippen LogP contribution in [-0.4, -0.2) is 19.9 Å². The van der Waals surface area contributed by atoms with Crippen LogP contribution < -0.4 is 0 Å². The standard InChI is InChI=1S/C10H7N5S/c1-7-4-8(5-11)15-10(14-7)16-9-6-12-2-3-13-9/h2-4,6H,1H3. The van der Waals surface area contributed by atoms with Crippen molar-refractivity contribution in [3.8, 4) is 6.07 Å². The first-order chi connectivity index (χ1) is 7.78. The van der Waals surface area contributed by atoms with Crippen LogP contribution in [0.1, 0.15) is 11.4 Å². The molecule has 0 fully saturated rings. The number of hydrogen-bond donors (Lipinski definition) is 0. The first kappa shape index (κ1) is 10.5. The summed E-state index contributed by atoms with van der Waals surface area (Å²) in [5.74, 6) is 0. The van der Waals surface area contributed by atoms with Gasteiger partial charge in [-0.15, -0.1) is 0 Å². The number of aryl methyl sites for hydroxylation is 1. The Balaban J connectivity index is 2.29. The fourth-order valence-corrected chi connectivity index (χ4v) is 1.82. The van der Waals surface area contributed by atoms with E-state index >= 15 is 0 Å². The molecule has 0 N–H and O–H groups in total. The molecule has 0 unspecified atom stereocenters. The average molecular weight is 229 g/mol. The molecule has 5 nitrogen and oxygen atoms in total. The van der Waals surface area contributed by atoms with Gasteiger partial charge in [0.15, 0.2) is 5.16 Å². The zero-order valence-corrected chi connectivity index (χ0v) is 9.27. The second-order valence-corrected chi connectivity index (χ2v) is 3.92.